The lowest BCUT2D eigenvalue weighted by Gasteiger charge is -2.12. The van der Waals surface area contributed by atoms with Gasteiger partial charge in [-0.3, -0.25) is 0 Å². The molecule has 1 rings (SSSR count). The Morgan fingerprint density at radius 2 is 2.00 bits per heavy atom. The molecule has 17 heavy (non-hydrogen) atoms. The predicted octanol–water partition coefficient (Wildman–Crippen LogP) is 3.34. The van der Waals surface area contributed by atoms with Gasteiger partial charge in [-0.1, -0.05) is 23.9 Å². The number of hydrogen-bond acceptors (Lipinski definition) is 2. The van der Waals surface area contributed by atoms with Gasteiger partial charge in [0.25, 0.3) is 0 Å². The third-order valence-electron chi connectivity index (χ3n) is 2.14. The van der Waals surface area contributed by atoms with E-state index >= 15 is 0 Å². The Kier molecular flexibility index (Phi) is 5.27. The molecule has 1 nitrogen and oxygen atoms in total. The molecule has 0 radical (unpaired) electrons. The molecule has 0 saturated carbocycles. The summed E-state index contributed by atoms with van der Waals surface area (Å²) in [5.41, 5.74) is 2.18. The molecule has 1 unspecified atom stereocenters. The molecule has 2 N–H and O–H groups in total. The summed E-state index contributed by atoms with van der Waals surface area (Å²) >= 11 is -0.0785. The molecule has 6 heteroatoms. The third-order valence-corrected chi connectivity index (χ3v) is 2.91. The molecule has 0 aliphatic heterocycles. The van der Waals surface area contributed by atoms with Gasteiger partial charge < -0.3 is 5.73 Å². The minimum atomic E-state index is -4.21. The average molecular weight is 267 g/mol. The number of alkyl halides is 3. The minimum absolute atomic E-state index is 0.0695. The second-order valence-corrected chi connectivity index (χ2v) is 4.84. The van der Waals surface area contributed by atoms with Crippen LogP contribution in [0.15, 0.2) is 24.3 Å². The lowest BCUT2D eigenvalue weighted by Crippen LogP contribution is -2.24. The van der Waals surface area contributed by atoms with Crippen LogP contribution in [0.5, 0.6) is 0 Å². The van der Waals surface area contributed by atoms with E-state index < -0.39 is 5.51 Å². The standard InChI is InChI=1S/C11H13F4NS/c12-9-3-1-2-8(6-9)7-10(16)4-5-17-11(13,14)15/h1-3,6,10H,4-5,7,16H2. The Labute approximate surface area is 101 Å². The normalized spacial score (nSPS) is 13.7. The summed E-state index contributed by atoms with van der Waals surface area (Å²) in [6, 6.07) is 5.54. The van der Waals surface area contributed by atoms with Crippen molar-refractivity contribution >= 4 is 11.8 Å². The maximum Gasteiger partial charge on any atom is 0.441 e. The zero-order valence-electron chi connectivity index (χ0n) is 9.01. The van der Waals surface area contributed by atoms with Crippen LogP contribution < -0.4 is 5.73 Å². The van der Waals surface area contributed by atoms with E-state index in [4.69, 9.17) is 5.73 Å². The molecule has 1 aromatic rings. The van der Waals surface area contributed by atoms with Crippen molar-refractivity contribution in [3.8, 4) is 0 Å². The van der Waals surface area contributed by atoms with Gasteiger partial charge in [-0.2, -0.15) is 13.2 Å². The summed E-state index contributed by atoms with van der Waals surface area (Å²) in [6.45, 7) is 0. The number of thioether (sulfide) groups is 1. The number of rotatable bonds is 5. The van der Waals surface area contributed by atoms with Crippen LogP contribution in [0.1, 0.15) is 12.0 Å². The van der Waals surface area contributed by atoms with Gasteiger partial charge in [0.05, 0.1) is 0 Å². The van der Waals surface area contributed by atoms with Crippen molar-refractivity contribution in [3.63, 3.8) is 0 Å². The first-order valence-electron chi connectivity index (χ1n) is 5.07. The SMILES string of the molecule is NC(CCSC(F)(F)F)Cc1cccc(F)c1. The lowest BCUT2D eigenvalue weighted by atomic mass is 10.0. The molecule has 1 aromatic carbocycles. The van der Waals surface area contributed by atoms with Crippen LogP contribution in [0, 0.1) is 5.82 Å². The van der Waals surface area contributed by atoms with Crippen molar-refractivity contribution in [2.75, 3.05) is 5.75 Å². The van der Waals surface area contributed by atoms with Gasteiger partial charge >= 0.3 is 5.51 Å². The third kappa shape index (κ3) is 6.53. The van der Waals surface area contributed by atoms with Crippen molar-refractivity contribution in [2.45, 2.75) is 24.4 Å². The number of halogens is 4. The summed E-state index contributed by atoms with van der Waals surface area (Å²) in [5.74, 6) is -0.431. The molecule has 0 aliphatic carbocycles. The van der Waals surface area contributed by atoms with E-state index in [2.05, 4.69) is 0 Å². The Hall–Kier alpha value is -0.750. The average Bonchev–Trinajstić information content (AvgIpc) is 2.15. The zero-order valence-corrected chi connectivity index (χ0v) is 9.82. The first kappa shape index (κ1) is 14.3. The maximum atomic E-state index is 12.8. The number of benzene rings is 1. The Morgan fingerprint density at radius 3 is 2.59 bits per heavy atom. The summed E-state index contributed by atoms with van der Waals surface area (Å²) in [6.07, 6.45) is 0.636. The van der Waals surface area contributed by atoms with Crippen LogP contribution in [0.2, 0.25) is 0 Å². The van der Waals surface area contributed by atoms with Crippen LogP contribution in [0.3, 0.4) is 0 Å². The molecule has 0 saturated heterocycles. The van der Waals surface area contributed by atoms with E-state index in [1.165, 1.54) is 12.1 Å². The fourth-order valence-corrected chi connectivity index (χ4v) is 2.05. The van der Waals surface area contributed by atoms with E-state index in [-0.39, 0.29) is 35.8 Å². The van der Waals surface area contributed by atoms with Gasteiger partial charge in [0.2, 0.25) is 0 Å². The van der Waals surface area contributed by atoms with Crippen LogP contribution in [-0.2, 0) is 6.42 Å². The first-order valence-corrected chi connectivity index (χ1v) is 6.06. The van der Waals surface area contributed by atoms with E-state index in [9.17, 15) is 17.6 Å². The highest BCUT2D eigenvalue weighted by molar-refractivity contribution is 8.00. The topological polar surface area (TPSA) is 26.0 Å². The van der Waals surface area contributed by atoms with Crippen molar-refractivity contribution < 1.29 is 17.6 Å². The second kappa shape index (κ2) is 6.26. The van der Waals surface area contributed by atoms with Crippen LogP contribution in [0.25, 0.3) is 0 Å². The Bertz CT molecular complexity index is 354. The van der Waals surface area contributed by atoms with Gasteiger partial charge in [-0.05, 0) is 30.5 Å². The van der Waals surface area contributed by atoms with Gasteiger partial charge in [0.15, 0.2) is 0 Å². The Morgan fingerprint density at radius 1 is 1.29 bits per heavy atom. The molecule has 0 spiro atoms. The number of nitrogens with two attached hydrogens (primary N) is 1. The smallest absolute Gasteiger partial charge is 0.327 e. The molecule has 0 amide bonds. The van der Waals surface area contributed by atoms with Gasteiger partial charge in [0, 0.05) is 11.8 Å². The van der Waals surface area contributed by atoms with Gasteiger partial charge in [-0.15, -0.1) is 0 Å². The van der Waals surface area contributed by atoms with Gasteiger partial charge in [0.1, 0.15) is 5.82 Å². The van der Waals surface area contributed by atoms with E-state index in [0.717, 1.165) is 0 Å². The quantitative estimate of drug-likeness (QED) is 0.828. The summed E-state index contributed by atoms with van der Waals surface area (Å²) in [5, 5.41) is 0. The van der Waals surface area contributed by atoms with Crippen molar-refractivity contribution in [1.82, 2.24) is 0 Å². The molecule has 0 bridgehead atoms. The molecule has 1 atom stereocenters. The van der Waals surface area contributed by atoms with Crippen LogP contribution >= 0.6 is 11.8 Å². The fraction of sp³-hybridized carbons (Fsp3) is 0.455. The minimum Gasteiger partial charge on any atom is -0.327 e. The van der Waals surface area contributed by atoms with Gasteiger partial charge in [-0.25, -0.2) is 4.39 Å². The van der Waals surface area contributed by atoms with Crippen molar-refractivity contribution in [3.05, 3.63) is 35.6 Å². The van der Waals surface area contributed by atoms with Crippen molar-refractivity contribution in [1.29, 1.82) is 0 Å². The number of hydrogen-bond donors (Lipinski definition) is 1. The van der Waals surface area contributed by atoms with Crippen LogP contribution in [-0.4, -0.2) is 17.3 Å². The largest absolute Gasteiger partial charge is 0.441 e. The molecule has 0 heterocycles. The van der Waals surface area contributed by atoms with Crippen molar-refractivity contribution in [2.24, 2.45) is 5.73 Å². The highest BCUT2D eigenvalue weighted by Gasteiger charge is 2.27. The molecule has 96 valence electrons. The fourth-order valence-electron chi connectivity index (χ4n) is 1.39. The summed E-state index contributed by atoms with van der Waals surface area (Å²) in [7, 11) is 0. The molecule has 0 fully saturated rings. The lowest BCUT2D eigenvalue weighted by molar-refractivity contribution is -0.0328. The molecular weight excluding hydrogens is 254 g/mol. The maximum absolute atomic E-state index is 12.8. The summed E-state index contributed by atoms with van der Waals surface area (Å²) < 4.78 is 48.4. The monoisotopic (exact) mass is 267 g/mol. The second-order valence-electron chi connectivity index (χ2n) is 3.68. The molecule has 0 aliphatic rings. The van der Waals surface area contributed by atoms with Crippen LogP contribution in [0.4, 0.5) is 17.6 Å². The van der Waals surface area contributed by atoms with E-state index in [1.807, 2.05) is 0 Å². The molecule has 0 aromatic heterocycles. The highest BCUT2D eigenvalue weighted by atomic mass is 32.2. The zero-order chi connectivity index (χ0) is 12.9. The predicted molar refractivity (Wildman–Crippen MR) is 61.2 cm³/mol. The summed E-state index contributed by atoms with van der Waals surface area (Å²) in [4.78, 5) is 0. The van der Waals surface area contributed by atoms with E-state index in [1.54, 1.807) is 12.1 Å². The highest BCUT2D eigenvalue weighted by Crippen LogP contribution is 2.30. The first-order chi connectivity index (χ1) is 7.87. The van der Waals surface area contributed by atoms with E-state index in [0.29, 0.717) is 12.0 Å². The molecular formula is C11H13F4NS. The Balaban J connectivity index is 2.32.